The van der Waals surface area contributed by atoms with Crippen molar-refractivity contribution in [2.45, 2.75) is 32.7 Å². The van der Waals surface area contributed by atoms with Gasteiger partial charge >= 0.3 is 0 Å². The highest BCUT2D eigenvalue weighted by molar-refractivity contribution is 6.33. The molecule has 3 N–H and O–H groups in total. The fourth-order valence-electron chi connectivity index (χ4n) is 2.73. The second kappa shape index (κ2) is 12.0. The fraction of sp³-hybridized carbons (Fsp3) is 0.364. The Balaban J connectivity index is 1.77. The molecule has 28 heavy (non-hydrogen) atoms. The summed E-state index contributed by atoms with van der Waals surface area (Å²) in [7, 11) is 0. The van der Waals surface area contributed by atoms with Crippen LogP contribution in [0.2, 0.25) is 5.02 Å². The fourth-order valence-corrected chi connectivity index (χ4v) is 2.95. The van der Waals surface area contributed by atoms with E-state index in [4.69, 9.17) is 11.6 Å². The Kier molecular flexibility index (Phi) is 9.35. The van der Waals surface area contributed by atoms with E-state index in [0.29, 0.717) is 23.7 Å². The van der Waals surface area contributed by atoms with E-state index in [-0.39, 0.29) is 11.9 Å². The number of guanidine groups is 1. The number of nitrogens with zero attached hydrogens (tertiary/aromatic N) is 1. The Bertz CT molecular complexity index is 764. The summed E-state index contributed by atoms with van der Waals surface area (Å²) in [5.41, 5.74) is 1.81. The molecular weight excluding hydrogens is 372 g/mol. The van der Waals surface area contributed by atoms with Crippen LogP contribution in [-0.4, -0.2) is 37.5 Å². The highest BCUT2D eigenvalue weighted by Gasteiger charge is 2.09. The van der Waals surface area contributed by atoms with Gasteiger partial charge in [0.2, 0.25) is 0 Å². The number of amides is 1. The zero-order valence-electron chi connectivity index (χ0n) is 16.5. The van der Waals surface area contributed by atoms with Gasteiger partial charge in [-0.1, -0.05) is 54.1 Å². The number of aryl methyl sites for hydroxylation is 1. The largest absolute Gasteiger partial charge is 0.357 e. The number of benzene rings is 2. The van der Waals surface area contributed by atoms with Gasteiger partial charge in [0.1, 0.15) is 0 Å². The van der Waals surface area contributed by atoms with Gasteiger partial charge in [0.25, 0.3) is 5.91 Å². The second-order valence-electron chi connectivity index (χ2n) is 6.57. The second-order valence-corrected chi connectivity index (χ2v) is 6.97. The Morgan fingerprint density at radius 3 is 2.50 bits per heavy atom. The lowest BCUT2D eigenvalue weighted by Crippen LogP contribution is -2.42. The van der Waals surface area contributed by atoms with Crippen LogP contribution in [0.4, 0.5) is 0 Å². The molecule has 2 rings (SSSR count). The average Bonchev–Trinajstić information content (AvgIpc) is 2.70. The third kappa shape index (κ3) is 7.61. The number of hydrogen-bond acceptors (Lipinski definition) is 2. The topological polar surface area (TPSA) is 65.5 Å². The minimum Gasteiger partial charge on any atom is -0.357 e. The van der Waals surface area contributed by atoms with E-state index in [2.05, 4.69) is 52.1 Å². The van der Waals surface area contributed by atoms with Crippen LogP contribution in [0.3, 0.4) is 0 Å². The van der Waals surface area contributed by atoms with Crippen LogP contribution < -0.4 is 16.0 Å². The van der Waals surface area contributed by atoms with E-state index >= 15 is 0 Å². The number of carbonyl (C=O) groups excluding carboxylic acids is 1. The van der Waals surface area contributed by atoms with Crippen molar-refractivity contribution in [1.29, 1.82) is 0 Å². The molecular formula is C22H29ClN4O. The van der Waals surface area contributed by atoms with Gasteiger partial charge in [0, 0.05) is 19.1 Å². The quantitative estimate of drug-likeness (QED) is 0.342. The van der Waals surface area contributed by atoms with Gasteiger partial charge in [0.15, 0.2) is 5.96 Å². The lowest BCUT2D eigenvalue weighted by Gasteiger charge is -2.18. The molecule has 0 aliphatic heterocycles. The van der Waals surface area contributed by atoms with Crippen LogP contribution >= 0.6 is 11.6 Å². The molecule has 0 saturated heterocycles. The summed E-state index contributed by atoms with van der Waals surface area (Å²) in [6.45, 7) is 5.89. The first-order valence-corrected chi connectivity index (χ1v) is 10.1. The molecule has 0 saturated carbocycles. The van der Waals surface area contributed by atoms with Crippen molar-refractivity contribution in [2.75, 3.05) is 19.6 Å². The molecule has 0 spiro atoms. The van der Waals surface area contributed by atoms with Gasteiger partial charge in [0.05, 0.1) is 17.1 Å². The van der Waals surface area contributed by atoms with E-state index in [1.165, 1.54) is 5.56 Å². The first-order chi connectivity index (χ1) is 13.6. The Morgan fingerprint density at radius 1 is 1.07 bits per heavy atom. The number of aliphatic imine (C=N–C) groups is 1. The van der Waals surface area contributed by atoms with E-state index in [9.17, 15) is 4.79 Å². The third-order valence-electron chi connectivity index (χ3n) is 4.22. The molecule has 150 valence electrons. The molecule has 2 aromatic carbocycles. The SMILES string of the molecule is CCNC(=NCCNC(=O)c1ccccc1Cl)NC(C)CCc1ccccc1. The predicted octanol–water partition coefficient (Wildman–Crippen LogP) is 3.65. The van der Waals surface area contributed by atoms with Gasteiger partial charge in [-0.05, 0) is 44.4 Å². The number of halogens is 1. The third-order valence-corrected chi connectivity index (χ3v) is 4.55. The van der Waals surface area contributed by atoms with Crippen LogP contribution in [0.5, 0.6) is 0 Å². The normalized spacial score (nSPS) is 12.3. The van der Waals surface area contributed by atoms with Crippen LogP contribution in [0.15, 0.2) is 59.6 Å². The van der Waals surface area contributed by atoms with Crippen LogP contribution in [0.1, 0.15) is 36.2 Å². The molecule has 5 nitrogen and oxygen atoms in total. The molecule has 6 heteroatoms. The smallest absolute Gasteiger partial charge is 0.252 e. The lowest BCUT2D eigenvalue weighted by molar-refractivity contribution is 0.0955. The summed E-state index contributed by atoms with van der Waals surface area (Å²) in [5.74, 6) is 0.574. The van der Waals surface area contributed by atoms with Crippen LogP contribution in [0.25, 0.3) is 0 Å². The minimum absolute atomic E-state index is 0.185. The van der Waals surface area contributed by atoms with E-state index in [1.807, 2.05) is 13.0 Å². The van der Waals surface area contributed by atoms with Gasteiger partial charge in [-0.3, -0.25) is 9.79 Å². The standard InChI is InChI=1S/C22H29ClN4O/c1-3-24-22(27-17(2)13-14-18-9-5-4-6-10-18)26-16-15-25-21(28)19-11-7-8-12-20(19)23/h4-12,17H,3,13-16H2,1-2H3,(H,25,28)(H2,24,26,27). The maximum Gasteiger partial charge on any atom is 0.252 e. The first kappa shape index (κ1) is 21.8. The molecule has 0 fully saturated rings. The number of rotatable bonds is 9. The molecule has 0 aliphatic carbocycles. The summed E-state index contributed by atoms with van der Waals surface area (Å²) in [6, 6.07) is 17.8. The maximum atomic E-state index is 12.2. The number of carbonyl (C=O) groups is 1. The molecule has 0 heterocycles. The van der Waals surface area contributed by atoms with Crippen molar-refractivity contribution in [1.82, 2.24) is 16.0 Å². The van der Waals surface area contributed by atoms with Crippen LogP contribution in [0, 0.1) is 0 Å². The van der Waals surface area contributed by atoms with Crippen molar-refractivity contribution >= 4 is 23.5 Å². The monoisotopic (exact) mass is 400 g/mol. The molecule has 2 aromatic rings. The van der Waals surface area contributed by atoms with Crippen molar-refractivity contribution in [3.63, 3.8) is 0 Å². The first-order valence-electron chi connectivity index (χ1n) is 9.71. The summed E-state index contributed by atoms with van der Waals surface area (Å²) in [4.78, 5) is 16.7. The Morgan fingerprint density at radius 2 is 1.79 bits per heavy atom. The summed E-state index contributed by atoms with van der Waals surface area (Å²) >= 11 is 6.05. The summed E-state index contributed by atoms with van der Waals surface area (Å²) < 4.78 is 0. The minimum atomic E-state index is -0.185. The van der Waals surface area contributed by atoms with E-state index < -0.39 is 0 Å². The predicted molar refractivity (Wildman–Crippen MR) is 117 cm³/mol. The van der Waals surface area contributed by atoms with Crippen LogP contribution in [-0.2, 0) is 6.42 Å². The van der Waals surface area contributed by atoms with Gasteiger partial charge in [-0.25, -0.2) is 0 Å². The Labute approximate surface area is 172 Å². The highest BCUT2D eigenvalue weighted by atomic mass is 35.5. The molecule has 0 bridgehead atoms. The molecule has 0 radical (unpaired) electrons. The lowest BCUT2D eigenvalue weighted by atomic mass is 10.1. The van der Waals surface area contributed by atoms with Gasteiger partial charge in [-0.2, -0.15) is 0 Å². The molecule has 1 amide bonds. The number of hydrogen-bond donors (Lipinski definition) is 3. The summed E-state index contributed by atoms with van der Waals surface area (Å²) in [5, 5.41) is 9.97. The van der Waals surface area contributed by atoms with E-state index in [0.717, 1.165) is 25.3 Å². The van der Waals surface area contributed by atoms with Crippen molar-refractivity contribution in [3.8, 4) is 0 Å². The van der Waals surface area contributed by atoms with E-state index in [1.54, 1.807) is 24.3 Å². The number of nitrogens with one attached hydrogen (secondary N) is 3. The van der Waals surface area contributed by atoms with Gasteiger partial charge in [-0.15, -0.1) is 0 Å². The summed E-state index contributed by atoms with van der Waals surface area (Å²) in [6.07, 6.45) is 2.03. The zero-order valence-corrected chi connectivity index (χ0v) is 17.3. The van der Waals surface area contributed by atoms with Crippen molar-refractivity contribution in [2.24, 2.45) is 4.99 Å². The van der Waals surface area contributed by atoms with Crippen molar-refractivity contribution in [3.05, 3.63) is 70.7 Å². The van der Waals surface area contributed by atoms with Crippen molar-refractivity contribution < 1.29 is 4.79 Å². The van der Waals surface area contributed by atoms with Gasteiger partial charge < -0.3 is 16.0 Å². The Hall–Kier alpha value is -2.53. The maximum absolute atomic E-state index is 12.2. The average molecular weight is 401 g/mol. The molecule has 1 unspecified atom stereocenters. The molecule has 0 aliphatic rings. The molecule has 0 aromatic heterocycles. The highest BCUT2D eigenvalue weighted by Crippen LogP contribution is 2.14. The molecule has 1 atom stereocenters. The zero-order chi connectivity index (χ0) is 20.2.